The molecule has 1 unspecified atom stereocenters. The van der Waals surface area contributed by atoms with Crippen molar-refractivity contribution in [3.8, 4) is 11.5 Å². The van der Waals surface area contributed by atoms with Crippen molar-refractivity contribution in [3.63, 3.8) is 0 Å². The molecule has 0 radical (unpaired) electrons. The molecule has 0 spiro atoms. The van der Waals surface area contributed by atoms with Gasteiger partial charge in [-0.1, -0.05) is 26.8 Å². The predicted molar refractivity (Wildman–Crippen MR) is 101 cm³/mol. The van der Waals surface area contributed by atoms with E-state index in [1.807, 2.05) is 20.8 Å². The Labute approximate surface area is 153 Å². The van der Waals surface area contributed by atoms with Crippen LogP contribution in [0.2, 0.25) is 0 Å². The van der Waals surface area contributed by atoms with Crippen molar-refractivity contribution < 1.29 is 19.0 Å². The van der Waals surface area contributed by atoms with E-state index in [1.165, 1.54) is 6.07 Å². The predicted octanol–water partition coefficient (Wildman–Crippen LogP) is 4.15. The quantitative estimate of drug-likeness (QED) is 0.642. The Kier molecular flexibility index (Phi) is 5.10. The summed E-state index contributed by atoms with van der Waals surface area (Å²) in [6.45, 7) is 12.0. The molecule has 1 aromatic carbocycles. The molecular formula is C21H26O5. The Morgan fingerprint density at radius 1 is 1.35 bits per heavy atom. The molecule has 26 heavy (non-hydrogen) atoms. The maximum absolute atomic E-state index is 12.2. The number of aliphatic hydroxyl groups excluding tert-OH is 1. The number of ether oxygens (including phenoxy) is 2. The highest BCUT2D eigenvalue weighted by molar-refractivity contribution is 5.91. The fourth-order valence-corrected chi connectivity index (χ4v) is 3.37. The molecule has 0 aliphatic carbocycles. The lowest BCUT2D eigenvalue weighted by Crippen LogP contribution is -2.32. The molecule has 0 fully saturated rings. The van der Waals surface area contributed by atoms with Crippen LogP contribution in [0.4, 0.5) is 0 Å². The van der Waals surface area contributed by atoms with Gasteiger partial charge in [-0.2, -0.15) is 0 Å². The van der Waals surface area contributed by atoms with Gasteiger partial charge in [0.05, 0.1) is 17.1 Å². The topological polar surface area (TPSA) is 68.9 Å². The minimum atomic E-state index is -0.772. The van der Waals surface area contributed by atoms with Gasteiger partial charge in [0.2, 0.25) is 0 Å². The number of hydrogen-bond acceptors (Lipinski definition) is 5. The number of rotatable bonds is 5. The molecule has 140 valence electrons. The van der Waals surface area contributed by atoms with E-state index in [2.05, 4.69) is 13.5 Å². The smallest absolute Gasteiger partial charge is 0.336 e. The number of fused-ring (bicyclic) bond motifs is 3. The lowest BCUT2D eigenvalue weighted by atomic mass is 9.88. The van der Waals surface area contributed by atoms with Crippen LogP contribution in [-0.2, 0) is 6.42 Å². The van der Waals surface area contributed by atoms with E-state index in [9.17, 15) is 9.90 Å². The molecule has 1 aromatic heterocycles. The van der Waals surface area contributed by atoms with Crippen molar-refractivity contribution in [2.24, 2.45) is 5.92 Å². The van der Waals surface area contributed by atoms with Gasteiger partial charge in [-0.3, -0.25) is 0 Å². The highest BCUT2D eigenvalue weighted by Gasteiger charge is 2.35. The minimum Gasteiger partial charge on any atom is -0.490 e. The number of hydrogen-bond donors (Lipinski definition) is 1. The van der Waals surface area contributed by atoms with Crippen LogP contribution in [0.1, 0.15) is 51.3 Å². The molecule has 5 nitrogen and oxygen atoms in total. The van der Waals surface area contributed by atoms with E-state index in [0.29, 0.717) is 35.7 Å². The summed E-state index contributed by atoms with van der Waals surface area (Å²) in [4.78, 5) is 12.2. The van der Waals surface area contributed by atoms with Crippen LogP contribution in [0.25, 0.3) is 11.0 Å². The average Bonchev–Trinajstić information content (AvgIpc) is 2.57. The lowest BCUT2D eigenvalue weighted by Gasteiger charge is -2.34. The van der Waals surface area contributed by atoms with Gasteiger partial charge in [0.25, 0.3) is 0 Å². The second-order valence-corrected chi connectivity index (χ2v) is 7.20. The van der Waals surface area contributed by atoms with Gasteiger partial charge in [0.15, 0.2) is 5.58 Å². The molecule has 1 aliphatic heterocycles. The van der Waals surface area contributed by atoms with Gasteiger partial charge in [-0.05, 0) is 31.4 Å². The molecule has 2 heterocycles. The van der Waals surface area contributed by atoms with Gasteiger partial charge < -0.3 is 19.0 Å². The molecule has 1 N–H and O–H groups in total. The van der Waals surface area contributed by atoms with E-state index in [1.54, 1.807) is 6.07 Å². The van der Waals surface area contributed by atoms with Gasteiger partial charge in [-0.25, -0.2) is 4.79 Å². The SMILES string of the molecule is C=C(C)COc1cc2c(c3oc(=O)cc(CCC)c13)C(O)[C@H](C)[C@@H](C)O2. The zero-order valence-corrected chi connectivity index (χ0v) is 15.8. The zero-order chi connectivity index (χ0) is 19.0. The summed E-state index contributed by atoms with van der Waals surface area (Å²) in [5.74, 6) is 0.972. The maximum Gasteiger partial charge on any atom is 0.336 e. The zero-order valence-electron chi connectivity index (χ0n) is 15.8. The molecule has 3 atom stereocenters. The normalized spacial score (nSPS) is 22.0. The summed E-state index contributed by atoms with van der Waals surface area (Å²) in [5.41, 5.74) is 2.20. The van der Waals surface area contributed by atoms with Crippen molar-refractivity contribution in [2.75, 3.05) is 6.61 Å². The first-order valence-corrected chi connectivity index (χ1v) is 9.09. The van der Waals surface area contributed by atoms with Crippen LogP contribution in [0.15, 0.2) is 33.5 Å². The third-order valence-corrected chi connectivity index (χ3v) is 4.90. The Morgan fingerprint density at radius 3 is 2.73 bits per heavy atom. The Balaban J connectivity index is 2.32. The summed E-state index contributed by atoms with van der Waals surface area (Å²) in [6.07, 6.45) is 0.663. The average molecular weight is 358 g/mol. The number of aliphatic hydroxyl groups is 1. The molecular weight excluding hydrogens is 332 g/mol. The standard InChI is InChI=1S/C21H26O5/c1-6-7-14-8-17(22)26-21-18(14)15(24-10-11(2)3)9-16-19(21)20(23)12(4)13(5)25-16/h8-9,12-13,20,23H,2,6-7,10H2,1,3-5H3/t12-,13-,20?/m1/s1. The second-order valence-electron chi connectivity index (χ2n) is 7.20. The molecule has 2 aromatic rings. The minimum absolute atomic E-state index is 0.118. The van der Waals surface area contributed by atoms with Crippen molar-refractivity contribution in [2.45, 2.75) is 52.7 Å². The van der Waals surface area contributed by atoms with Crippen LogP contribution in [0, 0.1) is 5.92 Å². The summed E-state index contributed by atoms with van der Waals surface area (Å²) in [6, 6.07) is 3.30. The second kappa shape index (κ2) is 7.16. The molecule has 0 saturated heterocycles. The molecule has 0 saturated carbocycles. The van der Waals surface area contributed by atoms with Crippen molar-refractivity contribution in [1.29, 1.82) is 0 Å². The summed E-state index contributed by atoms with van der Waals surface area (Å²) in [5, 5.41) is 11.6. The highest BCUT2D eigenvalue weighted by Crippen LogP contribution is 2.46. The fraction of sp³-hybridized carbons (Fsp3) is 0.476. The number of aryl methyl sites for hydroxylation is 1. The van der Waals surface area contributed by atoms with Gasteiger partial charge >= 0.3 is 5.63 Å². The van der Waals surface area contributed by atoms with Crippen molar-refractivity contribution in [3.05, 3.63) is 45.8 Å². The van der Waals surface area contributed by atoms with Gasteiger partial charge in [-0.15, -0.1) is 0 Å². The molecule has 5 heteroatoms. The summed E-state index contributed by atoms with van der Waals surface area (Å²) in [7, 11) is 0. The maximum atomic E-state index is 12.2. The molecule has 0 amide bonds. The monoisotopic (exact) mass is 358 g/mol. The molecule has 3 rings (SSSR count). The summed E-state index contributed by atoms with van der Waals surface area (Å²) < 4.78 is 17.5. The highest BCUT2D eigenvalue weighted by atomic mass is 16.5. The van der Waals surface area contributed by atoms with E-state index < -0.39 is 11.7 Å². The first kappa shape index (κ1) is 18.5. The first-order chi connectivity index (χ1) is 12.3. The Morgan fingerprint density at radius 2 is 2.08 bits per heavy atom. The van der Waals surface area contributed by atoms with Crippen LogP contribution in [0.5, 0.6) is 11.5 Å². The fourth-order valence-electron chi connectivity index (χ4n) is 3.37. The third kappa shape index (κ3) is 3.23. The van der Waals surface area contributed by atoms with E-state index in [0.717, 1.165) is 22.9 Å². The van der Waals surface area contributed by atoms with E-state index in [-0.39, 0.29) is 12.0 Å². The third-order valence-electron chi connectivity index (χ3n) is 4.90. The lowest BCUT2D eigenvalue weighted by molar-refractivity contribution is 0.0178. The summed E-state index contributed by atoms with van der Waals surface area (Å²) >= 11 is 0. The largest absolute Gasteiger partial charge is 0.490 e. The van der Waals surface area contributed by atoms with Crippen molar-refractivity contribution in [1.82, 2.24) is 0 Å². The van der Waals surface area contributed by atoms with Crippen LogP contribution in [0.3, 0.4) is 0 Å². The Hall–Kier alpha value is -2.27. The Bertz CT molecular complexity index is 895. The van der Waals surface area contributed by atoms with Gasteiger partial charge in [0, 0.05) is 18.1 Å². The van der Waals surface area contributed by atoms with Crippen LogP contribution in [-0.4, -0.2) is 17.8 Å². The van der Waals surface area contributed by atoms with E-state index in [4.69, 9.17) is 13.9 Å². The molecule has 0 bridgehead atoms. The van der Waals surface area contributed by atoms with Gasteiger partial charge in [0.1, 0.15) is 24.2 Å². The van der Waals surface area contributed by atoms with E-state index >= 15 is 0 Å². The van der Waals surface area contributed by atoms with Crippen LogP contribution >= 0.6 is 0 Å². The number of benzene rings is 1. The van der Waals surface area contributed by atoms with Crippen molar-refractivity contribution >= 4 is 11.0 Å². The van der Waals surface area contributed by atoms with Crippen LogP contribution < -0.4 is 15.1 Å². The first-order valence-electron chi connectivity index (χ1n) is 9.09. The molecule has 1 aliphatic rings.